The topological polar surface area (TPSA) is 26.3 Å². The normalized spacial score (nSPS) is 22.2. The summed E-state index contributed by atoms with van der Waals surface area (Å²) in [4.78, 5) is 10.4. The summed E-state index contributed by atoms with van der Waals surface area (Å²) >= 11 is 0. The van der Waals surface area contributed by atoms with Gasteiger partial charge in [-0.15, -0.1) is 0 Å². The van der Waals surface area contributed by atoms with E-state index in [0.29, 0.717) is 6.42 Å². The Balaban J connectivity index is 2.57. The molecule has 1 saturated heterocycles. The minimum absolute atomic E-state index is 0.136. The molecular weight excluding hydrogens is 116 g/mol. The standard InChI is InChI=1S/C7H8O2/c1-2-3-6-4-5-7(8)9-6/h2-3H,1,4-5H2/b6-3+. The van der Waals surface area contributed by atoms with Gasteiger partial charge >= 0.3 is 5.97 Å². The smallest absolute Gasteiger partial charge is 0.311 e. The molecule has 48 valence electrons. The second kappa shape index (κ2) is 2.49. The number of allylic oxidation sites excluding steroid dienone is 3. The van der Waals surface area contributed by atoms with Crippen LogP contribution in [0.25, 0.3) is 0 Å². The van der Waals surface area contributed by atoms with Gasteiger partial charge in [0.2, 0.25) is 0 Å². The SMILES string of the molecule is C=C/C=C1\CCC(=O)O1. The molecule has 0 saturated carbocycles. The summed E-state index contributed by atoms with van der Waals surface area (Å²) < 4.78 is 4.75. The first-order valence-corrected chi connectivity index (χ1v) is 2.85. The summed E-state index contributed by atoms with van der Waals surface area (Å²) in [6.07, 6.45) is 4.57. The van der Waals surface area contributed by atoms with Gasteiger partial charge in [-0.25, -0.2) is 0 Å². The molecule has 0 aromatic rings. The van der Waals surface area contributed by atoms with Gasteiger partial charge < -0.3 is 4.74 Å². The van der Waals surface area contributed by atoms with E-state index in [9.17, 15) is 4.79 Å². The molecule has 0 atom stereocenters. The van der Waals surface area contributed by atoms with E-state index in [0.717, 1.165) is 12.2 Å². The number of carbonyl (C=O) groups is 1. The fourth-order valence-electron chi connectivity index (χ4n) is 0.722. The molecule has 2 heteroatoms. The van der Waals surface area contributed by atoms with Crippen molar-refractivity contribution in [2.45, 2.75) is 12.8 Å². The highest BCUT2D eigenvalue weighted by Crippen LogP contribution is 2.16. The van der Waals surface area contributed by atoms with Crippen LogP contribution in [0.5, 0.6) is 0 Å². The molecule has 0 spiro atoms. The highest BCUT2D eigenvalue weighted by Gasteiger charge is 2.15. The minimum atomic E-state index is -0.136. The Morgan fingerprint density at radius 3 is 2.78 bits per heavy atom. The Morgan fingerprint density at radius 1 is 1.56 bits per heavy atom. The Bertz CT molecular complexity index is 168. The number of esters is 1. The van der Waals surface area contributed by atoms with Crippen molar-refractivity contribution in [2.24, 2.45) is 0 Å². The molecule has 0 amide bonds. The lowest BCUT2D eigenvalue weighted by molar-refractivity contribution is -0.135. The fourth-order valence-corrected chi connectivity index (χ4v) is 0.722. The predicted molar refractivity (Wildman–Crippen MR) is 33.6 cm³/mol. The third-order valence-electron chi connectivity index (χ3n) is 1.12. The molecule has 1 aliphatic heterocycles. The van der Waals surface area contributed by atoms with Crippen molar-refractivity contribution in [1.29, 1.82) is 0 Å². The van der Waals surface area contributed by atoms with Crippen LogP contribution in [0.4, 0.5) is 0 Å². The first kappa shape index (κ1) is 6.08. The third kappa shape index (κ3) is 1.42. The van der Waals surface area contributed by atoms with E-state index in [2.05, 4.69) is 6.58 Å². The van der Waals surface area contributed by atoms with Crippen LogP contribution >= 0.6 is 0 Å². The zero-order chi connectivity index (χ0) is 6.69. The van der Waals surface area contributed by atoms with Gasteiger partial charge in [0.05, 0.1) is 6.42 Å². The maximum atomic E-state index is 10.4. The van der Waals surface area contributed by atoms with Gasteiger partial charge in [0.15, 0.2) is 0 Å². The second-order valence-corrected chi connectivity index (χ2v) is 1.84. The Morgan fingerprint density at radius 2 is 2.33 bits per heavy atom. The molecule has 0 N–H and O–H groups in total. The number of cyclic esters (lactones) is 1. The molecule has 0 unspecified atom stereocenters. The maximum Gasteiger partial charge on any atom is 0.311 e. The molecule has 9 heavy (non-hydrogen) atoms. The summed E-state index contributed by atoms with van der Waals surface area (Å²) in [6.45, 7) is 3.48. The number of rotatable bonds is 1. The van der Waals surface area contributed by atoms with Crippen molar-refractivity contribution in [3.63, 3.8) is 0 Å². The molecule has 1 aliphatic rings. The first-order valence-electron chi connectivity index (χ1n) is 2.85. The molecule has 0 radical (unpaired) electrons. The Kier molecular flexibility index (Phi) is 1.68. The third-order valence-corrected chi connectivity index (χ3v) is 1.12. The van der Waals surface area contributed by atoms with Crippen LogP contribution in [0.1, 0.15) is 12.8 Å². The maximum absolute atomic E-state index is 10.4. The number of hydrogen-bond donors (Lipinski definition) is 0. The summed E-state index contributed by atoms with van der Waals surface area (Å²) in [7, 11) is 0. The molecule has 0 bridgehead atoms. The first-order chi connectivity index (χ1) is 4.33. The van der Waals surface area contributed by atoms with E-state index < -0.39 is 0 Å². The second-order valence-electron chi connectivity index (χ2n) is 1.84. The van der Waals surface area contributed by atoms with Crippen molar-refractivity contribution in [1.82, 2.24) is 0 Å². The zero-order valence-electron chi connectivity index (χ0n) is 5.09. The van der Waals surface area contributed by atoms with Crippen LogP contribution in [0.3, 0.4) is 0 Å². The van der Waals surface area contributed by atoms with E-state index in [1.165, 1.54) is 0 Å². The molecule has 0 aromatic heterocycles. The average Bonchev–Trinajstić information content (AvgIpc) is 2.17. The van der Waals surface area contributed by atoms with Gasteiger partial charge in [-0.1, -0.05) is 12.7 Å². The van der Waals surface area contributed by atoms with E-state index in [1.807, 2.05) is 0 Å². The quantitative estimate of drug-likeness (QED) is 0.494. The summed E-state index contributed by atoms with van der Waals surface area (Å²) in [5.41, 5.74) is 0. The van der Waals surface area contributed by atoms with Crippen LogP contribution in [0.15, 0.2) is 24.5 Å². The lowest BCUT2D eigenvalue weighted by Crippen LogP contribution is -1.88. The van der Waals surface area contributed by atoms with Gasteiger partial charge in [0, 0.05) is 6.42 Å². The number of carbonyl (C=O) groups excluding carboxylic acids is 1. The Labute approximate surface area is 53.8 Å². The molecule has 1 heterocycles. The summed E-state index contributed by atoms with van der Waals surface area (Å²) in [5.74, 6) is 0.595. The monoisotopic (exact) mass is 124 g/mol. The van der Waals surface area contributed by atoms with Crippen LogP contribution in [0.2, 0.25) is 0 Å². The molecular formula is C7H8O2. The molecule has 2 nitrogen and oxygen atoms in total. The largest absolute Gasteiger partial charge is 0.431 e. The van der Waals surface area contributed by atoms with E-state index in [4.69, 9.17) is 4.74 Å². The van der Waals surface area contributed by atoms with Crippen molar-refractivity contribution < 1.29 is 9.53 Å². The van der Waals surface area contributed by atoms with Crippen LogP contribution < -0.4 is 0 Å². The van der Waals surface area contributed by atoms with Crippen molar-refractivity contribution in [3.8, 4) is 0 Å². The van der Waals surface area contributed by atoms with Gasteiger partial charge in [0.1, 0.15) is 5.76 Å². The van der Waals surface area contributed by atoms with E-state index in [-0.39, 0.29) is 5.97 Å². The zero-order valence-corrected chi connectivity index (χ0v) is 5.09. The Hall–Kier alpha value is -1.05. The average molecular weight is 124 g/mol. The van der Waals surface area contributed by atoms with Gasteiger partial charge in [0.25, 0.3) is 0 Å². The molecule has 0 aliphatic carbocycles. The minimum Gasteiger partial charge on any atom is -0.431 e. The van der Waals surface area contributed by atoms with Crippen molar-refractivity contribution >= 4 is 5.97 Å². The van der Waals surface area contributed by atoms with Crippen LogP contribution in [-0.2, 0) is 9.53 Å². The van der Waals surface area contributed by atoms with Crippen molar-refractivity contribution in [3.05, 3.63) is 24.5 Å². The summed E-state index contributed by atoms with van der Waals surface area (Å²) in [6, 6.07) is 0. The van der Waals surface area contributed by atoms with E-state index >= 15 is 0 Å². The van der Waals surface area contributed by atoms with Crippen LogP contribution in [0, 0.1) is 0 Å². The van der Waals surface area contributed by atoms with Crippen LogP contribution in [-0.4, -0.2) is 5.97 Å². The highest BCUT2D eigenvalue weighted by molar-refractivity contribution is 5.73. The summed E-state index contributed by atoms with van der Waals surface area (Å²) in [5, 5.41) is 0. The van der Waals surface area contributed by atoms with Gasteiger partial charge in [-0.3, -0.25) is 4.79 Å². The highest BCUT2D eigenvalue weighted by atomic mass is 16.5. The van der Waals surface area contributed by atoms with Crippen molar-refractivity contribution in [2.75, 3.05) is 0 Å². The van der Waals surface area contributed by atoms with Gasteiger partial charge in [-0.2, -0.15) is 0 Å². The van der Waals surface area contributed by atoms with E-state index in [1.54, 1.807) is 12.2 Å². The molecule has 1 fully saturated rings. The molecule has 0 aromatic carbocycles. The number of ether oxygens (including phenoxy) is 1. The lowest BCUT2D eigenvalue weighted by atomic mass is 10.3. The fraction of sp³-hybridized carbons (Fsp3) is 0.286. The number of hydrogen-bond acceptors (Lipinski definition) is 2. The predicted octanol–water partition coefficient (Wildman–Crippen LogP) is 1.39. The van der Waals surface area contributed by atoms with Gasteiger partial charge in [-0.05, 0) is 6.08 Å². The lowest BCUT2D eigenvalue weighted by Gasteiger charge is -1.89. The molecule has 1 rings (SSSR count).